The average Bonchev–Trinajstić information content (AvgIpc) is 2.42. The van der Waals surface area contributed by atoms with Gasteiger partial charge in [-0.3, -0.25) is 0 Å². The molecule has 6 nitrogen and oxygen atoms in total. The van der Waals surface area contributed by atoms with Crippen molar-refractivity contribution in [3.05, 3.63) is 0 Å². The van der Waals surface area contributed by atoms with Crippen molar-refractivity contribution < 1.29 is 70.4 Å². The van der Waals surface area contributed by atoms with E-state index in [9.17, 15) is 15.3 Å². The minimum Gasteiger partial charge on any atom is -0.854 e. The molecular formula is C12H27NdO6. The van der Waals surface area contributed by atoms with Crippen LogP contribution in [0.3, 0.4) is 0 Å². The molecule has 0 amide bonds. The molecule has 0 aromatic carbocycles. The zero-order valence-corrected chi connectivity index (χ0v) is 15.5. The van der Waals surface area contributed by atoms with Crippen molar-refractivity contribution in [1.82, 2.24) is 0 Å². The molecule has 0 aliphatic heterocycles. The number of methoxy groups -OCH3 is 3. The smallest absolute Gasteiger partial charge is 0.854 e. The van der Waals surface area contributed by atoms with Gasteiger partial charge in [-0.05, 0) is 19.3 Å². The van der Waals surface area contributed by atoms with Crippen molar-refractivity contribution in [2.45, 2.75) is 19.3 Å². The van der Waals surface area contributed by atoms with E-state index in [2.05, 4.69) is 14.2 Å². The van der Waals surface area contributed by atoms with Gasteiger partial charge in [-0.2, -0.15) is 0 Å². The number of ether oxygens (including phenoxy) is 3. The molecule has 0 aromatic heterocycles. The standard InChI is InChI=1S/3C4H9O2.Nd/c3*1-6-4-2-3-5;/h3*2-4H2,1H3;/q3*-1;+3. The summed E-state index contributed by atoms with van der Waals surface area (Å²) in [5.41, 5.74) is 0. The number of rotatable bonds is 9. The van der Waals surface area contributed by atoms with Crippen LogP contribution >= 0.6 is 0 Å². The molecule has 0 aliphatic carbocycles. The van der Waals surface area contributed by atoms with Crippen molar-refractivity contribution in [3.63, 3.8) is 0 Å². The maximum Gasteiger partial charge on any atom is 3.00 e. The fourth-order valence-corrected chi connectivity index (χ4v) is 0.610. The third-order valence-electron chi connectivity index (χ3n) is 1.48. The molecule has 0 unspecified atom stereocenters. The van der Waals surface area contributed by atoms with E-state index in [1.807, 2.05) is 0 Å². The number of hydrogen-bond donors (Lipinski definition) is 0. The Morgan fingerprint density at radius 1 is 0.579 bits per heavy atom. The zero-order valence-electron chi connectivity index (χ0n) is 12.3. The fourth-order valence-electron chi connectivity index (χ4n) is 0.610. The van der Waals surface area contributed by atoms with Crippen LogP contribution in [-0.2, 0) is 14.2 Å². The van der Waals surface area contributed by atoms with Gasteiger partial charge in [-0.15, -0.1) is 19.8 Å². The normalized spacial score (nSPS) is 8.53. The predicted molar refractivity (Wildman–Crippen MR) is 64.1 cm³/mol. The third-order valence-corrected chi connectivity index (χ3v) is 1.48. The van der Waals surface area contributed by atoms with E-state index < -0.39 is 0 Å². The van der Waals surface area contributed by atoms with Gasteiger partial charge < -0.3 is 29.5 Å². The van der Waals surface area contributed by atoms with Crippen LogP contribution < -0.4 is 15.3 Å². The van der Waals surface area contributed by atoms with E-state index in [1.54, 1.807) is 21.3 Å². The summed E-state index contributed by atoms with van der Waals surface area (Å²) in [5.74, 6) is 0. The summed E-state index contributed by atoms with van der Waals surface area (Å²) < 4.78 is 13.7. The molecular weight excluding hydrogens is 384 g/mol. The van der Waals surface area contributed by atoms with Gasteiger partial charge in [0.1, 0.15) is 0 Å². The summed E-state index contributed by atoms with van der Waals surface area (Å²) in [7, 11) is 4.78. The Morgan fingerprint density at radius 2 is 0.789 bits per heavy atom. The first kappa shape index (κ1) is 28.3. The molecule has 0 bridgehead atoms. The van der Waals surface area contributed by atoms with E-state index in [-0.39, 0.29) is 60.7 Å². The molecule has 0 fully saturated rings. The first-order valence-corrected chi connectivity index (χ1v) is 5.96. The van der Waals surface area contributed by atoms with Crippen molar-refractivity contribution in [1.29, 1.82) is 0 Å². The van der Waals surface area contributed by atoms with Crippen LogP contribution in [-0.4, -0.2) is 61.0 Å². The Labute approximate surface area is 150 Å². The van der Waals surface area contributed by atoms with E-state index >= 15 is 0 Å². The van der Waals surface area contributed by atoms with Crippen LogP contribution in [0, 0.1) is 40.8 Å². The molecule has 0 rings (SSSR count). The fraction of sp³-hybridized carbons (Fsp3) is 1.00. The van der Waals surface area contributed by atoms with Crippen LogP contribution in [0.1, 0.15) is 19.3 Å². The minimum atomic E-state index is -0.0200. The monoisotopic (exact) mass is 409 g/mol. The summed E-state index contributed by atoms with van der Waals surface area (Å²) >= 11 is 0. The second kappa shape index (κ2) is 36.5. The van der Waals surface area contributed by atoms with Crippen LogP contribution in [0.15, 0.2) is 0 Å². The summed E-state index contributed by atoms with van der Waals surface area (Å²) in [6.45, 7) is 1.74. The van der Waals surface area contributed by atoms with Crippen molar-refractivity contribution >= 4 is 0 Å². The second-order valence-corrected chi connectivity index (χ2v) is 3.15. The van der Waals surface area contributed by atoms with Crippen LogP contribution in [0.5, 0.6) is 0 Å². The average molecular weight is 412 g/mol. The van der Waals surface area contributed by atoms with E-state index in [0.717, 1.165) is 0 Å². The summed E-state index contributed by atoms with van der Waals surface area (Å²) in [4.78, 5) is 0. The molecule has 0 aliphatic rings. The second-order valence-electron chi connectivity index (χ2n) is 3.15. The quantitative estimate of drug-likeness (QED) is 0.413. The van der Waals surface area contributed by atoms with Gasteiger partial charge in [0.25, 0.3) is 0 Å². The topological polar surface area (TPSA) is 96.9 Å². The Balaban J connectivity index is -0.0000000865. The molecule has 0 aromatic rings. The Hall–Kier alpha value is 1.11. The molecule has 1 radical (unpaired) electrons. The maximum atomic E-state index is 9.61. The largest absolute Gasteiger partial charge is 3.00 e. The van der Waals surface area contributed by atoms with E-state index in [0.29, 0.717) is 39.1 Å². The molecule has 19 heavy (non-hydrogen) atoms. The van der Waals surface area contributed by atoms with E-state index in [1.165, 1.54) is 0 Å². The molecule has 0 saturated carbocycles. The number of hydrogen-bond acceptors (Lipinski definition) is 6. The van der Waals surface area contributed by atoms with Gasteiger partial charge in [0.15, 0.2) is 0 Å². The minimum absolute atomic E-state index is 0. The summed E-state index contributed by atoms with van der Waals surface area (Å²) in [5, 5.41) is 28.8. The van der Waals surface area contributed by atoms with Gasteiger partial charge in [-0.1, -0.05) is 0 Å². The van der Waals surface area contributed by atoms with Gasteiger partial charge in [0, 0.05) is 41.2 Å². The van der Waals surface area contributed by atoms with Crippen molar-refractivity contribution in [2.24, 2.45) is 0 Å². The molecule has 115 valence electrons. The SMILES string of the molecule is COCCC[O-].COCCC[O-].COCCC[O-].[Nd+3]. The third kappa shape index (κ3) is 54.7. The maximum absolute atomic E-state index is 9.61. The van der Waals surface area contributed by atoms with Crippen LogP contribution in [0.4, 0.5) is 0 Å². The van der Waals surface area contributed by atoms with E-state index in [4.69, 9.17) is 0 Å². The molecule has 0 saturated heterocycles. The Kier molecular flexibility index (Phi) is 54.3. The molecule has 0 atom stereocenters. The van der Waals surface area contributed by atoms with Crippen molar-refractivity contribution in [3.8, 4) is 0 Å². The van der Waals surface area contributed by atoms with Crippen molar-refractivity contribution in [2.75, 3.05) is 61.0 Å². The molecule has 0 spiro atoms. The van der Waals surface area contributed by atoms with Gasteiger partial charge in [-0.25, -0.2) is 0 Å². The zero-order chi connectivity index (χ0) is 14.5. The van der Waals surface area contributed by atoms with Gasteiger partial charge >= 0.3 is 40.8 Å². The Bertz CT molecular complexity index is 77.2. The summed E-state index contributed by atoms with van der Waals surface area (Å²) in [6.07, 6.45) is 1.91. The first-order valence-electron chi connectivity index (χ1n) is 5.96. The molecule has 0 heterocycles. The van der Waals surface area contributed by atoms with Crippen LogP contribution in [0.2, 0.25) is 0 Å². The molecule has 0 N–H and O–H groups in total. The van der Waals surface area contributed by atoms with Gasteiger partial charge in [0.2, 0.25) is 0 Å². The first-order chi connectivity index (χ1) is 8.74. The van der Waals surface area contributed by atoms with Gasteiger partial charge in [0.05, 0.1) is 0 Å². The Morgan fingerprint density at radius 3 is 0.842 bits per heavy atom. The predicted octanol–water partition coefficient (Wildman–Crippen LogP) is -1.85. The van der Waals surface area contributed by atoms with Crippen LogP contribution in [0.25, 0.3) is 0 Å². The summed E-state index contributed by atoms with van der Waals surface area (Å²) in [6, 6.07) is 0. The molecule has 7 heteroatoms.